The summed E-state index contributed by atoms with van der Waals surface area (Å²) in [6, 6.07) is 2.85. The second-order valence-corrected chi connectivity index (χ2v) is 8.39. The van der Waals surface area contributed by atoms with Crippen LogP contribution in [-0.4, -0.2) is 26.5 Å². The first-order valence-electron chi connectivity index (χ1n) is 6.40. The average Bonchev–Trinajstić information content (AvgIpc) is 2.29. The number of nitrogens with one attached hydrogen (secondary N) is 1. The zero-order valence-electron chi connectivity index (χ0n) is 12.8. The van der Waals surface area contributed by atoms with Crippen molar-refractivity contribution in [3.63, 3.8) is 0 Å². The smallest absolute Gasteiger partial charge is 0.261 e. The lowest BCUT2D eigenvalue weighted by molar-refractivity contribution is -0.125. The van der Waals surface area contributed by atoms with E-state index < -0.39 is 14.7 Å². The Morgan fingerprint density at radius 2 is 1.71 bits per heavy atom. The number of ether oxygens (including phenoxy) is 1. The number of carbonyl (C=O) groups is 1. The summed E-state index contributed by atoms with van der Waals surface area (Å²) in [5.74, 6) is -0.294. The third-order valence-electron chi connectivity index (χ3n) is 2.69. The van der Waals surface area contributed by atoms with E-state index in [1.54, 1.807) is 13.8 Å². The zero-order chi connectivity index (χ0) is 16.4. The maximum atomic E-state index is 11.9. The molecule has 1 N–H and O–H groups in total. The topological polar surface area (TPSA) is 72.5 Å². The van der Waals surface area contributed by atoms with E-state index in [1.807, 2.05) is 20.8 Å². The summed E-state index contributed by atoms with van der Waals surface area (Å²) in [5, 5.41) is 2.73. The largest absolute Gasteiger partial charge is 0.366 e. The zero-order valence-corrected chi connectivity index (χ0v) is 14.4. The number of amides is 1. The molecule has 1 aromatic rings. The highest BCUT2D eigenvalue weighted by Crippen LogP contribution is 2.26. The molecule has 1 rings (SSSR count). The van der Waals surface area contributed by atoms with E-state index in [-0.39, 0.29) is 17.4 Å². The predicted molar refractivity (Wildman–Crippen MR) is 83.3 cm³/mol. The molecule has 0 saturated heterocycles. The van der Waals surface area contributed by atoms with Crippen LogP contribution in [0.25, 0.3) is 0 Å². The third kappa shape index (κ3) is 5.65. The molecule has 7 heteroatoms. The van der Waals surface area contributed by atoms with Gasteiger partial charge in [0, 0.05) is 16.4 Å². The molecule has 0 aromatic heterocycles. The summed E-state index contributed by atoms with van der Waals surface area (Å²) in [4.78, 5) is 11.9. The van der Waals surface area contributed by atoms with E-state index in [0.29, 0.717) is 16.8 Å². The van der Waals surface area contributed by atoms with Gasteiger partial charge in [-0.15, -0.1) is 0 Å². The molecule has 0 aliphatic carbocycles. The van der Waals surface area contributed by atoms with Crippen molar-refractivity contribution >= 4 is 31.3 Å². The molecule has 0 bridgehead atoms. The highest BCUT2D eigenvalue weighted by atomic mass is 35.7. The molecule has 0 spiro atoms. The van der Waals surface area contributed by atoms with E-state index in [4.69, 9.17) is 15.4 Å². The minimum Gasteiger partial charge on any atom is -0.366 e. The molecule has 1 aromatic carbocycles. The van der Waals surface area contributed by atoms with Crippen LogP contribution in [0.15, 0.2) is 17.0 Å². The van der Waals surface area contributed by atoms with Crippen molar-refractivity contribution in [1.82, 2.24) is 0 Å². The van der Waals surface area contributed by atoms with Gasteiger partial charge in [0.15, 0.2) is 0 Å². The minimum atomic E-state index is -3.79. The highest BCUT2D eigenvalue weighted by Gasteiger charge is 2.17. The Balaban J connectivity index is 2.93. The van der Waals surface area contributed by atoms with Crippen molar-refractivity contribution < 1.29 is 17.9 Å². The Kier molecular flexibility index (Phi) is 5.41. The van der Waals surface area contributed by atoms with Crippen molar-refractivity contribution in [1.29, 1.82) is 0 Å². The molecule has 0 saturated carbocycles. The van der Waals surface area contributed by atoms with Crippen LogP contribution in [-0.2, 0) is 18.6 Å². The number of benzene rings is 1. The number of hydrogen-bond acceptors (Lipinski definition) is 4. The van der Waals surface area contributed by atoms with Crippen LogP contribution >= 0.6 is 10.7 Å². The summed E-state index contributed by atoms with van der Waals surface area (Å²) in [5.41, 5.74) is 1.41. The lowest BCUT2D eigenvalue weighted by Gasteiger charge is -2.19. The van der Waals surface area contributed by atoms with Gasteiger partial charge in [0.05, 0.1) is 10.5 Å². The number of anilines is 1. The number of halogens is 1. The molecule has 118 valence electrons. The minimum absolute atomic E-state index is 0.0168. The first kappa shape index (κ1) is 17.9. The van der Waals surface area contributed by atoms with Crippen LogP contribution in [0.4, 0.5) is 5.69 Å². The standard InChI is InChI=1S/C14H20ClNO4S/c1-9-6-11(21(15,18)19)7-10(2)13(9)16-12(17)8-20-14(3,4)5/h6-7H,8H2,1-5H3,(H,16,17). The third-order valence-corrected chi connectivity index (χ3v) is 4.02. The molecule has 0 aliphatic heterocycles. The average molecular weight is 334 g/mol. The van der Waals surface area contributed by atoms with Gasteiger partial charge in [-0.3, -0.25) is 4.79 Å². The van der Waals surface area contributed by atoms with Gasteiger partial charge in [-0.2, -0.15) is 0 Å². The van der Waals surface area contributed by atoms with Crippen LogP contribution in [0.5, 0.6) is 0 Å². The molecular weight excluding hydrogens is 314 g/mol. The summed E-state index contributed by atoms with van der Waals surface area (Å²) >= 11 is 0. The van der Waals surface area contributed by atoms with Crippen LogP contribution in [0.1, 0.15) is 31.9 Å². The summed E-state index contributed by atoms with van der Waals surface area (Å²) in [6.45, 7) is 8.92. The van der Waals surface area contributed by atoms with Crippen LogP contribution in [0.3, 0.4) is 0 Å². The quantitative estimate of drug-likeness (QED) is 0.860. The van der Waals surface area contributed by atoms with Crippen molar-refractivity contribution in [2.75, 3.05) is 11.9 Å². The maximum Gasteiger partial charge on any atom is 0.261 e. The fourth-order valence-electron chi connectivity index (χ4n) is 1.72. The van der Waals surface area contributed by atoms with Gasteiger partial charge in [-0.25, -0.2) is 8.42 Å². The normalized spacial score (nSPS) is 12.3. The van der Waals surface area contributed by atoms with E-state index in [2.05, 4.69) is 5.32 Å². The lowest BCUT2D eigenvalue weighted by atomic mass is 10.1. The SMILES string of the molecule is Cc1cc(S(=O)(=O)Cl)cc(C)c1NC(=O)COC(C)(C)C. The second-order valence-electron chi connectivity index (χ2n) is 5.82. The number of hydrogen-bond donors (Lipinski definition) is 1. The van der Waals surface area contributed by atoms with Gasteiger partial charge in [-0.1, -0.05) is 0 Å². The van der Waals surface area contributed by atoms with Crippen molar-refractivity contribution in [2.24, 2.45) is 0 Å². The maximum absolute atomic E-state index is 11.9. The lowest BCUT2D eigenvalue weighted by Crippen LogP contribution is -2.27. The van der Waals surface area contributed by atoms with Crippen LogP contribution in [0.2, 0.25) is 0 Å². The van der Waals surface area contributed by atoms with Crippen molar-refractivity contribution in [2.45, 2.75) is 45.1 Å². The summed E-state index contributed by atoms with van der Waals surface area (Å²) < 4.78 is 28.1. The molecule has 0 fully saturated rings. The second kappa shape index (κ2) is 6.34. The summed E-state index contributed by atoms with van der Waals surface area (Å²) in [7, 11) is 1.54. The van der Waals surface area contributed by atoms with Crippen molar-refractivity contribution in [3.05, 3.63) is 23.3 Å². The fourth-order valence-corrected chi connectivity index (χ4v) is 2.62. The molecular formula is C14H20ClNO4S. The molecule has 0 unspecified atom stereocenters. The van der Waals surface area contributed by atoms with Gasteiger partial charge in [-0.05, 0) is 57.9 Å². The first-order valence-corrected chi connectivity index (χ1v) is 8.71. The Labute approximate surface area is 130 Å². The van der Waals surface area contributed by atoms with Gasteiger partial charge in [0.25, 0.3) is 9.05 Å². The van der Waals surface area contributed by atoms with Crippen LogP contribution in [0, 0.1) is 13.8 Å². The Morgan fingerprint density at radius 3 is 2.10 bits per heavy atom. The molecule has 0 radical (unpaired) electrons. The van der Waals surface area contributed by atoms with E-state index in [1.165, 1.54) is 12.1 Å². The van der Waals surface area contributed by atoms with E-state index in [0.717, 1.165) is 0 Å². The van der Waals surface area contributed by atoms with E-state index in [9.17, 15) is 13.2 Å². The molecule has 1 amide bonds. The van der Waals surface area contributed by atoms with Gasteiger partial charge >= 0.3 is 0 Å². The van der Waals surface area contributed by atoms with E-state index >= 15 is 0 Å². The Morgan fingerprint density at radius 1 is 1.24 bits per heavy atom. The Bertz CT molecular complexity index is 624. The molecule has 0 atom stereocenters. The predicted octanol–water partition coefficient (Wildman–Crippen LogP) is 2.98. The number of rotatable bonds is 4. The molecule has 5 nitrogen and oxygen atoms in total. The fraction of sp³-hybridized carbons (Fsp3) is 0.500. The van der Waals surface area contributed by atoms with Gasteiger partial charge < -0.3 is 10.1 Å². The first-order chi connectivity index (χ1) is 9.40. The highest BCUT2D eigenvalue weighted by molar-refractivity contribution is 8.13. The monoisotopic (exact) mass is 333 g/mol. The summed E-state index contributed by atoms with van der Waals surface area (Å²) in [6.07, 6.45) is 0. The van der Waals surface area contributed by atoms with Gasteiger partial charge in [0.1, 0.15) is 6.61 Å². The molecule has 21 heavy (non-hydrogen) atoms. The van der Waals surface area contributed by atoms with Gasteiger partial charge in [0.2, 0.25) is 5.91 Å². The number of carbonyl (C=O) groups excluding carboxylic acids is 1. The van der Waals surface area contributed by atoms with Crippen molar-refractivity contribution in [3.8, 4) is 0 Å². The number of aryl methyl sites for hydroxylation is 2. The Hall–Kier alpha value is -1.11. The molecule has 0 aliphatic rings. The molecule has 0 heterocycles. The van der Waals surface area contributed by atoms with Crippen LogP contribution < -0.4 is 5.32 Å².